The second-order valence-electron chi connectivity index (χ2n) is 6.55. The van der Waals surface area contributed by atoms with Crippen molar-refractivity contribution in [1.29, 1.82) is 0 Å². The molecular weight excluding hydrogens is 434 g/mol. The van der Waals surface area contributed by atoms with Crippen LogP contribution in [0.25, 0.3) is 0 Å². The van der Waals surface area contributed by atoms with Gasteiger partial charge in [-0.25, -0.2) is 17.7 Å². The number of benzene rings is 3. The Morgan fingerprint density at radius 1 is 0.906 bits per heavy atom. The van der Waals surface area contributed by atoms with E-state index >= 15 is 0 Å². The average Bonchev–Trinajstić information content (AvgIpc) is 2.80. The number of para-hydroxylation sites is 1. The van der Waals surface area contributed by atoms with E-state index in [1.165, 1.54) is 51.5 Å². The molecule has 3 rings (SSSR count). The molecule has 0 atom stereocenters. The zero-order chi connectivity index (χ0) is 23.3. The third-order valence-electron chi connectivity index (χ3n) is 4.54. The molecule has 0 saturated carbocycles. The summed E-state index contributed by atoms with van der Waals surface area (Å²) in [6.45, 7) is 1.51. The molecule has 0 aromatic heterocycles. The summed E-state index contributed by atoms with van der Waals surface area (Å²) in [4.78, 5) is 14.8. The van der Waals surface area contributed by atoms with Crippen molar-refractivity contribution in [3.05, 3.63) is 82.9 Å². The van der Waals surface area contributed by atoms with Crippen molar-refractivity contribution in [2.45, 2.75) is 11.8 Å². The van der Waals surface area contributed by atoms with Crippen LogP contribution in [0.3, 0.4) is 0 Å². The molecule has 0 aliphatic heterocycles. The Morgan fingerprint density at radius 3 is 1.97 bits per heavy atom. The second-order valence-corrected chi connectivity index (χ2v) is 8.30. The van der Waals surface area contributed by atoms with Crippen LogP contribution in [-0.4, -0.2) is 33.4 Å². The van der Waals surface area contributed by atoms with E-state index in [0.29, 0.717) is 17.2 Å². The van der Waals surface area contributed by atoms with Gasteiger partial charge in [0.2, 0.25) is 0 Å². The van der Waals surface area contributed by atoms with Crippen LogP contribution >= 0.6 is 0 Å². The lowest BCUT2D eigenvalue weighted by Crippen LogP contribution is -2.35. The Kier molecular flexibility index (Phi) is 6.74. The van der Waals surface area contributed by atoms with Crippen molar-refractivity contribution >= 4 is 32.9 Å². The smallest absolute Gasteiger partial charge is 0.289 e. The van der Waals surface area contributed by atoms with Crippen LogP contribution in [-0.2, 0) is 10.0 Å². The van der Waals surface area contributed by atoms with Crippen molar-refractivity contribution in [2.24, 2.45) is 4.99 Å². The average molecular weight is 455 g/mol. The number of sulfonamides is 1. The highest BCUT2D eigenvalue weighted by molar-refractivity contribution is 7.93. The van der Waals surface area contributed by atoms with Gasteiger partial charge in [-0.1, -0.05) is 12.1 Å². The maximum absolute atomic E-state index is 13.6. The second kappa shape index (κ2) is 9.48. The van der Waals surface area contributed by atoms with Gasteiger partial charge in [-0.15, -0.1) is 0 Å². The summed E-state index contributed by atoms with van der Waals surface area (Å²) in [5, 5.41) is 11.5. The minimum Gasteiger partial charge on any atom is -0.497 e. The zero-order valence-electron chi connectivity index (χ0n) is 17.6. The molecule has 0 aliphatic carbocycles. The molecule has 166 valence electrons. The normalized spacial score (nSPS) is 11.7. The van der Waals surface area contributed by atoms with Gasteiger partial charge in [-0.3, -0.25) is 10.1 Å². The van der Waals surface area contributed by atoms with Crippen LogP contribution in [0.15, 0.2) is 82.7 Å². The minimum absolute atomic E-state index is 0.0958. The van der Waals surface area contributed by atoms with Crippen molar-refractivity contribution in [1.82, 2.24) is 0 Å². The van der Waals surface area contributed by atoms with Gasteiger partial charge in [0.15, 0.2) is 4.90 Å². The third kappa shape index (κ3) is 4.70. The number of amidine groups is 1. The van der Waals surface area contributed by atoms with E-state index in [0.717, 1.165) is 10.4 Å². The molecule has 9 nitrogen and oxygen atoms in total. The maximum Gasteiger partial charge on any atom is 0.289 e. The summed E-state index contributed by atoms with van der Waals surface area (Å²) in [6, 6.07) is 18.2. The van der Waals surface area contributed by atoms with Gasteiger partial charge in [0.25, 0.3) is 15.7 Å². The quantitative estimate of drug-likeness (QED) is 0.223. The van der Waals surface area contributed by atoms with Crippen LogP contribution in [0.5, 0.6) is 11.5 Å². The summed E-state index contributed by atoms with van der Waals surface area (Å²) >= 11 is 0. The first-order valence-electron chi connectivity index (χ1n) is 9.40. The van der Waals surface area contributed by atoms with Gasteiger partial charge in [-0.2, -0.15) is 0 Å². The molecule has 3 aromatic carbocycles. The van der Waals surface area contributed by atoms with E-state index in [1.54, 1.807) is 36.4 Å². The van der Waals surface area contributed by atoms with Crippen molar-refractivity contribution in [2.75, 3.05) is 18.5 Å². The lowest BCUT2D eigenvalue weighted by atomic mass is 10.3. The molecule has 0 fully saturated rings. The standard InChI is InChI=1S/C22H21N3O6S/c1-16(23-17-8-12-19(30-2)13-9-17)24(18-10-14-20(31-3)15-11-18)32(28,29)22-7-5-4-6-21(22)25(26)27/h4-15H,1-3H3. The van der Waals surface area contributed by atoms with Crippen LogP contribution in [0.1, 0.15) is 6.92 Å². The molecule has 0 spiro atoms. The Morgan fingerprint density at radius 2 is 1.44 bits per heavy atom. The number of nitro benzene ring substituents is 1. The van der Waals surface area contributed by atoms with Crippen LogP contribution in [0.4, 0.5) is 17.1 Å². The zero-order valence-corrected chi connectivity index (χ0v) is 18.4. The summed E-state index contributed by atoms with van der Waals surface area (Å²) in [7, 11) is -1.36. The van der Waals surface area contributed by atoms with E-state index < -0.39 is 25.5 Å². The lowest BCUT2D eigenvalue weighted by molar-refractivity contribution is -0.387. The van der Waals surface area contributed by atoms with Crippen LogP contribution in [0.2, 0.25) is 0 Å². The molecule has 0 aliphatic rings. The van der Waals surface area contributed by atoms with Gasteiger partial charge in [0.05, 0.1) is 30.5 Å². The van der Waals surface area contributed by atoms with Crippen molar-refractivity contribution in [3.8, 4) is 11.5 Å². The predicted molar refractivity (Wildman–Crippen MR) is 122 cm³/mol. The molecule has 0 amide bonds. The number of anilines is 1. The summed E-state index contributed by atoms with van der Waals surface area (Å²) in [5.74, 6) is 1.25. The molecule has 0 N–H and O–H groups in total. The van der Waals surface area contributed by atoms with E-state index in [4.69, 9.17) is 9.47 Å². The number of rotatable bonds is 7. The van der Waals surface area contributed by atoms with E-state index in [-0.39, 0.29) is 11.5 Å². The number of nitro groups is 1. The van der Waals surface area contributed by atoms with Gasteiger partial charge in [0.1, 0.15) is 17.3 Å². The van der Waals surface area contributed by atoms with Crippen LogP contribution < -0.4 is 13.8 Å². The molecule has 0 bridgehead atoms. The Bertz CT molecular complexity index is 1240. The number of aliphatic imine (C=N–C) groups is 1. The topological polar surface area (TPSA) is 111 Å². The first-order valence-corrected chi connectivity index (χ1v) is 10.8. The van der Waals surface area contributed by atoms with Crippen LogP contribution in [0, 0.1) is 10.1 Å². The SMILES string of the molecule is COc1ccc(N=C(C)N(c2ccc(OC)cc2)S(=O)(=O)c2ccccc2[N+](=O)[O-])cc1. The van der Waals surface area contributed by atoms with Crippen molar-refractivity contribution in [3.63, 3.8) is 0 Å². The highest BCUT2D eigenvalue weighted by Crippen LogP contribution is 2.32. The fourth-order valence-electron chi connectivity index (χ4n) is 3.03. The Hall–Kier alpha value is -3.92. The highest BCUT2D eigenvalue weighted by Gasteiger charge is 2.33. The van der Waals surface area contributed by atoms with Crippen molar-refractivity contribution < 1.29 is 22.8 Å². The Balaban J connectivity index is 2.18. The monoisotopic (exact) mass is 455 g/mol. The summed E-state index contributed by atoms with van der Waals surface area (Å²) < 4.78 is 38.5. The fraction of sp³-hybridized carbons (Fsp3) is 0.136. The van der Waals surface area contributed by atoms with E-state index in [9.17, 15) is 18.5 Å². The highest BCUT2D eigenvalue weighted by atomic mass is 32.2. The molecule has 3 aromatic rings. The van der Waals surface area contributed by atoms with Gasteiger partial charge < -0.3 is 9.47 Å². The number of ether oxygens (including phenoxy) is 2. The first-order chi connectivity index (χ1) is 15.3. The summed E-state index contributed by atoms with van der Waals surface area (Å²) in [6.07, 6.45) is 0. The van der Waals surface area contributed by atoms with E-state index in [1.807, 2.05) is 0 Å². The first kappa shape index (κ1) is 22.8. The molecule has 0 radical (unpaired) electrons. The van der Waals surface area contributed by atoms with E-state index in [2.05, 4.69) is 4.99 Å². The molecule has 0 saturated heterocycles. The third-order valence-corrected chi connectivity index (χ3v) is 6.40. The lowest BCUT2D eigenvalue weighted by Gasteiger charge is -2.24. The molecule has 32 heavy (non-hydrogen) atoms. The maximum atomic E-state index is 13.6. The number of methoxy groups -OCH3 is 2. The number of hydrogen-bond donors (Lipinski definition) is 0. The molecule has 10 heteroatoms. The van der Waals surface area contributed by atoms with Gasteiger partial charge >= 0.3 is 0 Å². The minimum atomic E-state index is -4.39. The molecular formula is C22H21N3O6S. The van der Waals surface area contributed by atoms with Gasteiger partial charge in [0, 0.05) is 6.07 Å². The predicted octanol–water partition coefficient (Wildman–Crippen LogP) is 4.56. The number of nitrogens with zero attached hydrogens (tertiary/aromatic N) is 3. The number of hydrogen-bond acceptors (Lipinski definition) is 7. The fourth-order valence-corrected chi connectivity index (χ4v) is 4.67. The Labute approximate surface area is 185 Å². The van der Waals surface area contributed by atoms with Gasteiger partial charge in [-0.05, 0) is 61.5 Å². The molecule has 0 heterocycles. The molecule has 0 unspecified atom stereocenters. The summed E-state index contributed by atoms with van der Waals surface area (Å²) in [5.41, 5.74) is 0.210. The largest absolute Gasteiger partial charge is 0.497 e.